The lowest BCUT2D eigenvalue weighted by Crippen LogP contribution is -2.07. The molecule has 0 bridgehead atoms. The molecular weight excluding hydrogens is 385 g/mol. The highest BCUT2D eigenvalue weighted by Crippen LogP contribution is 2.36. The molecule has 3 aromatic rings. The number of alkyl halides is 3. The van der Waals surface area contributed by atoms with E-state index < -0.39 is 11.9 Å². The molecule has 0 unspecified atom stereocenters. The fraction of sp³-hybridized carbons (Fsp3) is 0.0588. The van der Waals surface area contributed by atoms with Crippen LogP contribution in [0, 0.1) is 0 Å². The van der Waals surface area contributed by atoms with Gasteiger partial charge in [-0.15, -0.1) is 0 Å². The molecule has 0 aliphatic heterocycles. The van der Waals surface area contributed by atoms with Crippen LogP contribution in [0.25, 0.3) is 11.1 Å². The number of halogens is 4. The van der Waals surface area contributed by atoms with E-state index in [0.29, 0.717) is 5.56 Å². The summed E-state index contributed by atoms with van der Waals surface area (Å²) in [5.41, 5.74) is 0.604. The lowest BCUT2D eigenvalue weighted by Gasteiger charge is -2.11. The minimum Gasteiger partial charge on any atom is -0.437 e. The van der Waals surface area contributed by atoms with Crippen molar-refractivity contribution in [3.63, 3.8) is 0 Å². The van der Waals surface area contributed by atoms with E-state index in [9.17, 15) is 13.2 Å². The van der Waals surface area contributed by atoms with Gasteiger partial charge in [0.1, 0.15) is 11.4 Å². The number of benzene rings is 1. The lowest BCUT2D eigenvalue weighted by atomic mass is 10.1. The van der Waals surface area contributed by atoms with Crippen LogP contribution >= 0.6 is 15.9 Å². The number of hydrogen-bond donors (Lipinski definition) is 0. The Morgan fingerprint density at radius 3 is 2.29 bits per heavy atom. The molecule has 0 amide bonds. The molecule has 3 nitrogen and oxygen atoms in total. The number of rotatable bonds is 3. The van der Waals surface area contributed by atoms with Crippen LogP contribution in [0.3, 0.4) is 0 Å². The SMILES string of the molecule is FC(F)(F)c1ccc(Oc2ncccc2-c2ccccc2Br)cn1. The molecule has 0 radical (unpaired) electrons. The van der Waals surface area contributed by atoms with E-state index in [1.165, 1.54) is 6.07 Å². The number of pyridine rings is 2. The van der Waals surface area contributed by atoms with Gasteiger partial charge in [0.25, 0.3) is 0 Å². The third kappa shape index (κ3) is 3.56. The molecule has 0 N–H and O–H groups in total. The average Bonchev–Trinajstić information content (AvgIpc) is 2.56. The predicted octanol–water partition coefficient (Wildman–Crippen LogP) is 5.72. The lowest BCUT2D eigenvalue weighted by molar-refractivity contribution is -0.141. The largest absolute Gasteiger partial charge is 0.437 e. The number of hydrogen-bond acceptors (Lipinski definition) is 3. The second kappa shape index (κ2) is 6.60. The van der Waals surface area contributed by atoms with Crippen LogP contribution in [0.2, 0.25) is 0 Å². The van der Waals surface area contributed by atoms with E-state index in [-0.39, 0.29) is 11.6 Å². The molecule has 2 heterocycles. The predicted molar refractivity (Wildman–Crippen MR) is 86.7 cm³/mol. The molecule has 3 rings (SSSR count). The van der Waals surface area contributed by atoms with Crippen LogP contribution in [0.5, 0.6) is 11.6 Å². The Morgan fingerprint density at radius 1 is 0.875 bits per heavy atom. The van der Waals surface area contributed by atoms with Crippen LogP contribution in [0.4, 0.5) is 13.2 Å². The van der Waals surface area contributed by atoms with Gasteiger partial charge in [0.15, 0.2) is 0 Å². The fourth-order valence-electron chi connectivity index (χ4n) is 2.08. The summed E-state index contributed by atoms with van der Waals surface area (Å²) in [5.74, 6) is 0.459. The average molecular weight is 395 g/mol. The molecule has 0 saturated carbocycles. The first-order valence-electron chi connectivity index (χ1n) is 6.86. The Bertz CT molecular complexity index is 851. The Morgan fingerprint density at radius 2 is 1.62 bits per heavy atom. The summed E-state index contributed by atoms with van der Waals surface area (Å²) in [7, 11) is 0. The summed E-state index contributed by atoms with van der Waals surface area (Å²) in [4.78, 5) is 7.55. The molecule has 0 fully saturated rings. The van der Waals surface area contributed by atoms with Crippen molar-refractivity contribution in [1.29, 1.82) is 0 Å². The summed E-state index contributed by atoms with van der Waals surface area (Å²) in [6.07, 6.45) is -1.90. The van der Waals surface area contributed by atoms with Crippen LogP contribution in [0.1, 0.15) is 5.69 Å². The normalized spacial score (nSPS) is 11.3. The maximum atomic E-state index is 12.6. The molecule has 7 heteroatoms. The second-order valence-electron chi connectivity index (χ2n) is 4.81. The topological polar surface area (TPSA) is 35.0 Å². The monoisotopic (exact) mass is 394 g/mol. The van der Waals surface area contributed by atoms with Gasteiger partial charge in [-0.1, -0.05) is 34.1 Å². The summed E-state index contributed by atoms with van der Waals surface area (Å²) < 4.78 is 44.1. The molecule has 0 spiro atoms. The van der Waals surface area contributed by atoms with Crippen LogP contribution in [-0.4, -0.2) is 9.97 Å². The van der Waals surface area contributed by atoms with Crippen molar-refractivity contribution >= 4 is 15.9 Å². The Balaban J connectivity index is 1.93. The maximum Gasteiger partial charge on any atom is 0.433 e. The summed E-state index contributed by atoms with van der Waals surface area (Å²) >= 11 is 3.46. The fourth-order valence-corrected chi connectivity index (χ4v) is 2.58. The smallest absolute Gasteiger partial charge is 0.433 e. The first-order valence-corrected chi connectivity index (χ1v) is 7.65. The van der Waals surface area contributed by atoms with Gasteiger partial charge in [-0.3, -0.25) is 0 Å². The highest BCUT2D eigenvalue weighted by Gasteiger charge is 2.32. The molecule has 0 aliphatic rings. The minimum atomic E-state index is -4.48. The van der Waals surface area contributed by atoms with E-state index in [1.54, 1.807) is 12.3 Å². The summed E-state index contributed by atoms with van der Waals surface area (Å²) in [6, 6.07) is 13.2. The van der Waals surface area contributed by atoms with Crippen LogP contribution in [0.15, 0.2) is 65.4 Å². The van der Waals surface area contributed by atoms with E-state index in [1.807, 2.05) is 30.3 Å². The first kappa shape index (κ1) is 16.4. The van der Waals surface area contributed by atoms with Crippen LogP contribution < -0.4 is 4.74 Å². The number of nitrogens with zero attached hydrogens (tertiary/aromatic N) is 2. The van der Waals surface area contributed by atoms with Gasteiger partial charge in [0, 0.05) is 21.8 Å². The van der Waals surface area contributed by atoms with Gasteiger partial charge in [-0.2, -0.15) is 13.2 Å². The van der Waals surface area contributed by atoms with Crippen molar-refractivity contribution < 1.29 is 17.9 Å². The van der Waals surface area contributed by atoms with Crippen molar-refractivity contribution in [1.82, 2.24) is 9.97 Å². The van der Waals surface area contributed by atoms with Crippen molar-refractivity contribution in [2.24, 2.45) is 0 Å². The zero-order chi connectivity index (χ0) is 17.2. The Hall–Kier alpha value is -2.41. The Kier molecular flexibility index (Phi) is 4.53. The number of aromatic nitrogens is 2. The summed E-state index contributed by atoms with van der Waals surface area (Å²) in [6.45, 7) is 0. The molecule has 24 heavy (non-hydrogen) atoms. The Labute approximate surface area is 144 Å². The van der Waals surface area contributed by atoms with Gasteiger partial charge in [-0.25, -0.2) is 9.97 Å². The van der Waals surface area contributed by atoms with E-state index in [0.717, 1.165) is 22.3 Å². The molecular formula is C17H10BrF3N2O. The van der Waals surface area contributed by atoms with Gasteiger partial charge in [0.2, 0.25) is 5.88 Å². The van der Waals surface area contributed by atoms with Gasteiger partial charge < -0.3 is 4.74 Å². The number of ether oxygens (including phenoxy) is 1. The van der Waals surface area contributed by atoms with Crippen molar-refractivity contribution in [3.05, 3.63) is 71.1 Å². The zero-order valence-corrected chi connectivity index (χ0v) is 13.7. The zero-order valence-electron chi connectivity index (χ0n) is 12.1. The van der Waals surface area contributed by atoms with Crippen molar-refractivity contribution in [2.45, 2.75) is 6.18 Å². The third-order valence-electron chi connectivity index (χ3n) is 3.18. The van der Waals surface area contributed by atoms with Gasteiger partial charge in [-0.05, 0) is 30.3 Å². The molecule has 0 aliphatic carbocycles. The van der Waals surface area contributed by atoms with Gasteiger partial charge in [0.05, 0.1) is 6.20 Å². The van der Waals surface area contributed by atoms with E-state index >= 15 is 0 Å². The maximum absolute atomic E-state index is 12.6. The molecule has 2 aromatic heterocycles. The highest BCUT2D eigenvalue weighted by atomic mass is 79.9. The first-order chi connectivity index (χ1) is 11.4. The molecule has 1 aromatic carbocycles. The van der Waals surface area contributed by atoms with Crippen molar-refractivity contribution in [3.8, 4) is 22.8 Å². The standard InChI is InChI=1S/C17H10BrF3N2O/c18-14-6-2-1-4-12(14)13-5-3-9-22-16(13)24-11-7-8-15(23-10-11)17(19,20)21/h1-10H. The van der Waals surface area contributed by atoms with Crippen molar-refractivity contribution in [2.75, 3.05) is 0 Å². The molecule has 0 saturated heterocycles. The quantitative estimate of drug-likeness (QED) is 0.569. The molecule has 0 atom stereocenters. The summed E-state index contributed by atoms with van der Waals surface area (Å²) in [5, 5.41) is 0. The van der Waals surface area contributed by atoms with Gasteiger partial charge >= 0.3 is 6.18 Å². The second-order valence-corrected chi connectivity index (χ2v) is 5.67. The third-order valence-corrected chi connectivity index (χ3v) is 3.87. The highest BCUT2D eigenvalue weighted by molar-refractivity contribution is 9.10. The van der Waals surface area contributed by atoms with E-state index in [4.69, 9.17) is 4.74 Å². The minimum absolute atomic E-state index is 0.176. The van der Waals surface area contributed by atoms with Crippen LogP contribution in [-0.2, 0) is 6.18 Å². The molecule has 122 valence electrons. The van der Waals surface area contributed by atoms with E-state index in [2.05, 4.69) is 25.9 Å².